The topological polar surface area (TPSA) is 93.2 Å². The summed E-state index contributed by atoms with van der Waals surface area (Å²) in [6.45, 7) is 5.28. The molecule has 6 nitrogen and oxygen atoms in total. The minimum atomic E-state index is 0.340. The van der Waals surface area contributed by atoms with Crippen LogP contribution >= 0.6 is 0 Å². The largest absolute Gasteiger partial charge is 0.381 e. The van der Waals surface area contributed by atoms with Gasteiger partial charge < -0.3 is 15.2 Å². The number of hydrogen-bond acceptors (Lipinski definition) is 4. The SMILES string of the molecule is CC(COCCN)COCCN=[N+]=[N-]. The van der Waals surface area contributed by atoms with Crippen molar-refractivity contribution < 1.29 is 9.47 Å². The van der Waals surface area contributed by atoms with Gasteiger partial charge in [0.15, 0.2) is 0 Å². The van der Waals surface area contributed by atoms with Gasteiger partial charge in [0.25, 0.3) is 0 Å². The summed E-state index contributed by atoms with van der Waals surface area (Å²) in [5, 5.41) is 3.35. The Morgan fingerprint density at radius 3 is 2.57 bits per heavy atom. The van der Waals surface area contributed by atoms with Gasteiger partial charge in [-0.25, -0.2) is 0 Å². The van der Waals surface area contributed by atoms with Gasteiger partial charge in [0, 0.05) is 23.9 Å². The maximum atomic E-state index is 7.99. The second-order valence-corrected chi connectivity index (χ2v) is 3.00. The van der Waals surface area contributed by atoms with E-state index < -0.39 is 0 Å². The van der Waals surface area contributed by atoms with E-state index in [0.29, 0.717) is 45.4 Å². The van der Waals surface area contributed by atoms with Gasteiger partial charge in [0.1, 0.15) is 0 Å². The van der Waals surface area contributed by atoms with Crippen molar-refractivity contribution in [2.75, 3.05) is 39.5 Å². The van der Waals surface area contributed by atoms with Crippen LogP contribution in [0.25, 0.3) is 10.4 Å². The zero-order valence-electron chi connectivity index (χ0n) is 8.56. The van der Waals surface area contributed by atoms with Crippen LogP contribution < -0.4 is 5.73 Å². The van der Waals surface area contributed by atoms with E-state index in [9.17, 15) is 0 Å². The quantitative estimate of drug-likeness (QED) is 0.261. The first-order chi connectivity index (χ1) is 6.81. The molecule has 0 radical (unpaired) electrons. The summed E-state index contributed by atoms with van der Waals surface area (Å²) in [5.74, 6) is 0.340. The van der Waals surface area contributed by atoms with E-state index in [2.05, 4.69) is 10.0 Å². The van der Waals surface area contributed by atoms with Crippen LogP contribution in [-0.4, -0.2) is 39.5 Å². The molecule has 0 aliphatic rings. The van der Waals surface area contributed by atoms with Crippen molar-refractivity contribution in [3.63, 3.8) is 0 Å². The van der Waals surface area contributed by atoms with Crippen molar-refractivity contribution in [1.29, 1.82) is 0 Å². The van der Waals surface area contributed by atoms with Crippen LogP contribution in [0.3, 0.4) is 0 Å². The fourth-order valence-electron chi connectivity index (χ4n) is 0.851. The lowest BCUT2D eigenvalue weighted by Gasteiger charge is -2.11. The number of hydrogen-bond donors (Lipinski definition) is 1. The average Bonchev–Trinajstić information content (AvgIpc) is 2.18. The third-order valence-corrected chi connectivity index (χ3v) is 1.47. The number of nitrogens with zero attached hydrogens (tertiary/aromatic N) is 3. The molecule has 0 amide bonds. The maximum absolute atomic E-state index is 7.99. The molecule has 0 spiro atoms. The number of azide groups is 1. The highest BCUT2D eigenvalue weighted by molar-refractivity contribution is 4.50. The first-order valence-electron chi connectivity index (χ1n) is 4.67. The Labute approximate surface area is 84.0 Å². The van der Waals surface area contributed by atoms with Crippen LogP contribution in [0.2, 0.25) is 0 Å². The highest BCUT2D eigenvalue weighted by atomic mass is 16.5. The fraction of sp³-hybridized carbons (Fsp3) is 1.00. The van der Waals surface area contributed by atoms with Crippen LogP contribution in [0, 0.1) is 5.92 Å². The molecular weight excluding hydrogens is 184 g/mol. The molecule has 2 N–H and O–H groups in total. The molecule has 0 aliphatic carbocycles. The maximum Gasteiger partial charge on any atom is 0.0588 e. The highest BCUT2D eigenvalue weighted by Crippen LogP contribution is 1.96. The molecule has 1 unspecified atom stereocenters. The monoisotopic (exact) mass is 202 g/mol. The van der Waals surface area contributed by atoms with Crippen molar-refractivity contribution in [2.24, 2.45) is 16.8 Å². The molecule has 0 saturated carbocycles. The van der Waals surface area contributed by atoms with E-state index in [0.717, 1.165) is 0 Å². The Morgan fingerprint density at radius 2 is 2.00 bits per heavy atom. The van der Waals surface area contributed by atoms with Crippen LogP contribution in [0.15, 0.2) is 5.11 Å². The van der Waals surface area contributed by atoms with Crippen molar-refractivity contribution >= 4 is 0 Å². The lowest BCUT2D eigenvalue weighted by molar-refractivity contribution is 0.0512. The first kappa shape index (κ1) is 13.2. The molecule has 0 fully saturated rings. The van der Waals surface area contributed by atoms with Gasteiger partial charge in [-0.1, -0.05) is 12.0 Å². The molecule has 0 heterocycles. The number of ether oxygens (including phenoxy) is 2. The lowest BCUT2D eigenvalue weighted by atomic mass is 10.2. The third kappa shape index (κ3) is 9.28. The summed E-state index contributed by atoms with van der Waals surface area (Å²) in [4.78, 5) is 2.62. The molecule has 0 rings (SSSR count). The molecule has 0 aromatic carbocycles. The lowest BCUT2D eigenvalue weighted by Crippen LogP contribution is -2.17. The van der Waals surface area contributed by atoms with E-state index in [1.165, 1.54) is 0 Å². The molecule has 0 aliphatic heterocycles. The van der Waals surface area contributed by atoms with Gasteiger partial charge in [0.2, 0.25) is 0 Å². The second kappa shape index (κ2) is 10.3. The summed E-state index contributed by atoms with van der Waals surface area (Å²) in [6, 6.07) is 0. The molecule has 82 valence electrons. The minimum Gasteiger partial charge on any atom is -0.381 e. The Hall–Kier alpha value is -0.810. The summed E-state index contributed by atoms with van der Waals surface area (Å²) < 4.78 is 10.5. The van der Waals surface area contributed by atoms with Crippen molar-refractivity contribution in [1.82, 2.24) is 0 Å². The number of rotatable bonds is 9. The average molecular weight is 202 g/mol. The Kier molecular flexibility index (Phi) is 9.68. The predicted molar refractivity (Wildman–Crippen MR) is 53.9 cm³/mol. The Morgan fingerprint density at radius 1 is 1.36 bits per heavy atom. The van der Waals surface area contributed by atoms with Crippen LogP contribution in [0.1, 0.15) is 6.92 Å². The van der Waals surface area contributed by atoms with Crippen molar-refractivity contribution in [2.45, 2.75) is 6.92 Å². The van der Waals surface area contributed by atoms with E-state index in [-0.39, 0.29) is 0 Å². The predicted octanol–water partition coefficient (Wildman–Crippen LogP) is 0.925. The van der Waals surface area contributed by atoms with E-state index in [4.69, 9.17) is 20.7 Å². The van der Waals surface area contributed by atoms with Crippen LogP contribution in [0.5, 0.6) is 0 Å². The fourth-order valence-corrected chi connectivity index (χ4v) is 0.851. The molecular formula is C8H18N4O2. The molecule has 0 bridgehead atoms. The smallest absolute Gasteiger partial charge is 0.0588 e. The second-order valence-electron chi connectivity index (χ2n) is 3.00. The van der Waals surface area contributed by atoms with E-state index >= 15 is 0 Å². The van der Waals surface area contributed by atoms with Crippen LogP contribution in [-0.2, 0) is 9.47 Å². The summed E-state index contributed by atoms with van der Waals surface area (Å²) >= 11 is 0. The molecule has 1 atom stereocenters. The standard InChI is InChI=1S/C8H18N4O2/c1-8(6-13-4-2-9)7-14-5-3-11-12-10/h8H,2-7,9H2,1H3. The molecule has 6 heteroatoms. The molecule has 0 saturated heterocycles. The highest BCUT2D eigenvalue weighted by Gasteiger charge is 2.01. The van der Waals surface area contributed by atoms with Gasteiger partial charge in [-0.3, -0.25) is 0 Å². The van der Waals surface area contributed by atoms with Gasteiger partial charge >= 0.3 is 0 Å². The zero-order valence-corrected chi connectivity index (χ0v) is 8.56. The van der Waals surface area contributed by atoms with Gasteiger partial charge in [-0.15, -0.1) is 0 Å². The first-order valence-corrected chi connectivity index (χ1v) is 4.67. The van der Waals surface area contributed by atoms with Crippen LogP contribution in [0.4, 0.5) is 0 Å². The normalized spacial score (nSPS) is 12.1. The molecule has 0 aromatic rings. The van der Waals surface area contributed by atoms with E-state index in [1.54, 1.807) is 0 Å². The summed E-state index contributed by atoms with van der Waals surface area (Å²) in [5.41, 5.74) is 13.3. The third-order valence-electron chi connectivity index (χ3n) is 1.47. The van der Waals surface area contributed by atoms with Crippen molar-refractivity contribution in [3.8, 4) is 0 Å². The molecule has 14 heavy (non-hydrogen) atoms. The zero-order chi connectivity index (χ0) is 10.6. The Balaban J connectivity index is 3.17. The number of nitrogens with two attached hydrogens (primary N) is 1. The minimum absolute atomic E-state index is 0.340. The summed E-state index contributed by atoms with van der Waals surface area (Å²) in [6.07, 6.45) is 0. The van der Waals surface area contributed by atoms with Gasteiger partial charge in [-0.05, 0) is 5.53 Å². The van der Waals surface area contributed by atoms with Gasteiger partial charge in [0.05, 0.1) is 26.4 Å². The summed E-state index contributed by atoms with van der Waals surface area (Å²) in [7, 11) is 0. The van der Waals surface area contributed by atoms with Crippen molar-refractivity contribution in [3.05, 3.63) is 10.4 Å². The Bertz CT molecular complexity index is 171. The van der Waals surface area contributed by atoms with E-state index in [1.807, 2.05) is 6.92 Å². The molecule has 0 aromatic heterocycles. The van der Waals surface area contributed by atoms with Gasteiger partial charge in [-0.2, -0.15) is 0 Å².